The van der Waals surface area contributed by atoms with Crippen LogP contribution in [-0.2, 0) is 4.79 Å². The summed E-state index contributed by atoms with van der Waals surface area (Å²) in [6.45, 7) is 4.18. The van der Waals surface area contributed by atoms with Crippen molar-refractivity contribution in [3.05, 3.63) is 82.0 Å². The third-order valence-corrected chi connectivity index (χ3v) is 5.48. The maximum Gasteiger partial charge on any atom is 0.353 e. The maximum absolute atomic E-state index is 12.0. The lowest BCUT2D eigenvalue weighted by Gasteiger charge is -2.10. The molecule has 7 heteroatoms. The van der Waals surface area contributed by atoms with Gasteiger partial charge in [0.25, 0.3) is 5.91 Å². The summed E-state index contributed by atoms with van der Waals surface area (Å²) < 4.78 is 10.8. The standard InChI is InChI=1S/C24H24N2O4S/c1-3-17(2)19-9-11-20(12-10-19)29-16-23(27)26-25-15-18-6-4-7-21(14-18)30-24(28)22-8-5-13-31-22/h4-15,17H,3,16H2,1-2H3,(H,26,27). The Labute approximate surface area is 185 Å². The molecular weight excluding hydrogens is 412 g/mol. The molecule has 3 rings (SSSR count). The average molecular weight is 437 g/mol. The molecule has 1 N–H and O–H groups in total. The lowest BCUT2D eigenvalue weighted by atomic mass is 9.99. The van der Waals surface area contributed by atoms with Crippen LogP contribution >= 0.6 is 11.3 Å². The summed E-state index contributed by atoms with van der Waals surface area (Å²) in [7, 11) is 0. The van der Waals surface area contributed by atoms with Crippen molar-refractivity contribution in [2.24, 2.45) is 5.10 Å². The van der Waals surface area contributed by atoms with Crippen molar-refractivity contribution < 1.29 is 19.1 Å². The van der Waals surface area contributed by atoms with Crippen LogP contribution in [0.3, 0.4) is 0 Å². The topological polar surface area (TPSA) is 77.0 Å². The number of amides is 1. The number of esters is 1. The van der Waals surface area contributed by atoms with E-state index in [2.05, 4.69) is 24.4 Å². The molecule has 31 heavy (non-hydrogen) atoms. The van der Waals surface area contributed by atoms with Crippen LogP contribution in [0.5, 0.6) is 11.5 Å². The summed E-state index contributed by atoms with van der Waals surface area (Å²) in [5, 5.41) is 5.74. The Hall–Kier alpha value is -3.45. The van der Waals surface area contributed by atoms with Crippen LogP contribution in [0.15, 0.2) is 71.1 Å². The Balaban J connectivity index is 1.46. The molecule has 2 aromatic carbocycles. The van der Waals surface area contributed by atoms with E-state index in [1.807, 2.05) is 29.6 Å². The van der Waals surface area contributed by atoms with E-state index in [-0.39, 0.29) is 12.5 Å². The van der Waals surface area contributed by atoms with Gasteiger partial charge in [-0.15, -0.1) is 11.3 Å². The fourth-order valence-corrected chi connectivity index (χ4v) is 3.30. The molecule has 1 atom stereocenters. The molecule has 1 aromatic heterocycles. The molecule has 0 saturated heterocycles. The Morgan fingerprint density at radius 2 is 1.90 bits per heavy atom. The fourth-order valence-electron chi connectivity index (χ4n) is 2.70. The third-order valence-electron chi connectivity index (χ3n) is 4.63. The normalized spacial score (nSPS) is 11.8. The molecule has 0 saturated carbocycles. The first-order chi connectivity index (χ1) is 15.0. The number of thiophene rings is 1. The third kappa shape index (κ3) is 6.79. The van der Waals surface area contributed by atoms with Crippen LogP contribution in [0.1, 0.15) is 47.0 Å². The van der Waals surface area contributed by atoms with Gasteiger partial charge in [0.2, 0.25) is 0 Å². The van der Waals surface area contributed by atoms with Crippen LogP contribution in [0.4, 0.5) is 0 Å². The van der Waals surface area contributed by atoms with Crippen molar-refractivity contribution in [2.75, 3.05) is 6.61 Å². The highest BCUT2D eigenvalue weighted by Crippen LogP contribution is 2.21. The number of hydrogen-bond donors (Lipinski definition) is 1. The smallest absolute Gasteiger partial charge is 0.353 e. The van der Waals surface area contributed by atoms with Gasteiger partial charge in [-0.1, -0.05) is 44.2 Å². The van der Waals surface area contributed by atoms with E-state index < -0.39 is 5.97 Å². The number of rotatable bonds is 9. The highest BCUT2D eigenvalue weighted by molar-refractivity contribution is 7.12. The van der Waals surface area contributed by atoms with Gasteiger partial charge in [-0.2, -0.15) is 5.10 Å². The van der Waals surface area contributed by atoms with E-state index in [9.17, 15) is 9.59 Å². The molecule has 0 aliphatic heterocycles. The molecule has 0 spiro atoms. The lowest BCUT2D eigenvalue weighted by molar-refractivity contribution is -0.123. The van der Waals surface area contributed by atoms with Crippen molar-refractivity contribution in [3.63, 3.8) is 0 Å². The molecule has 0 radical (unpaired) electrons. The second-order valence-electron chi connectivity index (χ2n) is 6.90. The van der Waals surface area contributed by atoms with Crippen LogP contribution in [0.2, 0.25) is 0 Å². The first-order valence-corrected chi connectivity index (χ1v) is 10.8. The average Bonchev–Trinajstić information content (AvgIpc) is 3.33. The Kier molecular flexibility index (Phi) is 7.95. The molecule has 0 fully saturated rings. The number of carbonyl (C=O) groups excluding carboxylic acids is 2. The van der Waals surface area contributed by atoms with Gasteiger partial charge in [-0.25, -0.2) is 10.2 Å². The van der Waals surface area contributed by atoms with Crippen LogP contribution < -0.4 is 14.9 Å². The van der Waals surface area contributed by atoms with Gasteiger partial charge in [0, 0.05) is 0 Å². The second-order valence-corrected chi connectivity index (χ2v) is 7.85. The van der Waals surface area contributed by atoms with Crippen LogP contribution in [-0.4, -0.2) is 24.7 Å². The van der Waals surface area contributed by atoms with E-state index in [4.69, 9.17) is 9.47 Å². The minimum atomic E-state index is -0.410. The van der Waals surface area contributed by atoms with Crippen molar-refractivity contribution in [1.29, 1.82) is 0 Å². The zero-order valence-corrected chi connectivity index (χ0v) is 18.2. The zero-order chi connectivity index (χ0) is 22.1. The molecule has 3 aromatic rings. The number of carbonyl (C=O) groups is 2. The van der Waals surface area contributed by atoms with Crippen LogP contribution in [0, 0.1) is 0 Å². The largest absolute Gasteiger partial charge is 0.484 e. The van der Waals surface area contributed by atoms with Crippen molar-refractivity contribution >= 4 is 29.4 Å². The van der Waals surface area contributed by atoms with E-state index in [0.29, 0.717) is 27.9 Å². The molecule has 1 heterocycles. The molecule has 160 valence electrons. The molecule has 1 amide bonds. The SMILES string of the molecule is CCC(C)c1ccc(OCC(=O)NN=Cc2cccc(OC(=O)c3cccs3)c2)cc1. The van der Waals surface area contributed by atoms with E-state index >= 15 is 0 Å². The number of benzene rings is 2. The minimum Gasteiger partial charge on any atom is -0.484 e. The predicted octanol–water partition coefficient (Wildman–Crippen LogP) is 5.01. The Morgan fingerprint density at radius 1 is 1.10 bits per heavy atom. The predicted molar refractivity (Wildman–Crippen MR) is 122 cm³/mol. The number of nitrogens with one attached hydrogen (secondary N) is 1. The number of hydrazone groups is 1. The highest BCUT2D eigenvalue weighted by Gasteiger charge is 2.09. The van der Waals surface area contributed by atoms with Gasteiger partial charge in [0.15, 0.2) is 6.61 Å². The van der Waals surface area contributed by atoms with Gasteiger partial charge in [-0.05, 0) is 59.2 Å². The van der Waals surface area contributed by atoms with E-state index in [1.165, 1.54) is 23.1 Å². The first-order valence-electron chi connectivity index (χ1n) is 9.95. The van der Waals surface area contributed by atoms with Crippen LogP contribution in [0.25, 0.3) is 0 Å². The van der Waals surface area contributed by atoms with Crippen molar-refractivity contribution in [2.45, 2.75) is 26.2 Å². The zero-order valence-electron chi connectivity index (χ0n) is 17.4. The molecule has 0 bridgehead atoms. The van der Waals surface area contributed by atoms with Gasteiger partial charge >= 0.3 is 5.97 Å². The summed E-state index contributed by atoms with van der Waals surface area (Å²) in [4.78, 5) is 24.5. The quantitative estimate of drug-likeness (QED) is 0.221. The second kappa shape index (κ2) is 11.1. The summed E-state index contributed by atoms with van der Waals surface area (Å²) in [6, 6.07) is 18.1. The summed E-state index contributed by atoms with van der Waals surface area (Å²) in [6.07, 6.45) is 2.54. The molecule has 6 nitrogen and oxygen atoms in total. The molecular formula is C24H24N2O4S. The Bertz CT molecular complexity index is 1030. The summed E-state index contributed by atoms with van der Waals surface area (Å²) in [5.41, 5.74) is 4.34. The lowest BCUT2D eigenvalue weighted by Crippen LogP contribution is -2.24. The van der Waals surface area contributed by atoms with Gasteiger partial charge in [0.05, 0.1) is 6.21 Å². The fraction of sp³-hybridized carbons (Fsp3) is 0.208. The molecule has 1 unspecified atom stereocenters. The highest BCUT2D eigenvalue weighted by atomic mass is 32.1. The van der Waals surface area contributed by atoms with E-state index in [0.717, 1.165) is 6.42 Å². The monoisotopic (exact) mass is 436 g/mol. The minimum absolute atomic E-state index is 0.140. The van der Waals surface area contributed by atoms with Gasteiger partial charge in [0.1, 0.15) is 16.4 Å². The van der Waals surface area contributed by atoms with Gasteiger partial charge < -0.3 is 9.47 Å². The summed E-state index contributed by atoms with van der Waals surface area (Å²) in [5.74, 6) is 0.739. The Morgan fingerprint density at radius 3 is 2.61 bits per heavy atom. The van der Waals surface area contributed by atoms with E-state index in [1.54, 1.807) is 36.4 Å². The first kappa shape index (κ1) is 22.2. The molecule has 0 aliphatic carbocycles. The molecule has 0 aliphatic rings. The van der Waals surface area contributed by atoms with Gasteiger partial charge in [-0.3, -0.25) is 4.79 Å². The van der Waals surface area contributed by atoms with Crippen molar-refractivity contribution in [3.8, 4) is 11.5 Å². The maximum atomic E-state index is 12.0. The number of hydrogen-bond acceptors (Lipinski definition) is 6. The summed E-state index contributed by atoms with van der Waals surface area (Å²) >= 11 is 1.32. The van der Waals surface area contributed by atoms with Crippen molar-refractivity contribution in [1.82, 2.24) is 5.43 Å². The number of ether oxygens (including phenoxy) is 2. The number of nitrogens with zero attached hydrogens (tertiary/aromatic N) is 1.